The van der Waals surface area contributed by atoms with E-state index in [2.05, 4.69) is 16.9 Å². The molecule has 0 fully saturated rings. The van der Waals surface area contributed by atoms with Crippen LogP contribution >= 0.6 is 34.5 Å². The van der Waals surface area contributed by atoms with Crippen LogP contribution in [0, 0.1) is 6.92 Å². The van der Waals surface area contributed by atoms with Gasteiger partial charge in [0.15, 0.2) is 0 Å². The third-order valence-corrected chi connectivity index (χ3v) is 5.66. The van der Waals surface area contributed by atoms with Gasteiger partial charge in [0.25, 0.3) is 5.56 Å². The summed E-state index contributed by atoms with van der Waals surface area (Å²) in [4.78, 5) is 21.8. The van der Waals surface area contributed by atoms with Crippen LogP contribution in [-0.4, -0.2) is 9.97 Å². The van der Waals surface area contributed by atoms with Gasteiger partial charge in [-0.2, -0.15) is 0 Å². The quantitative estimate of drug-likeness (QED) is 0.624. The molecule has 3 rings (SSSR count). The summed E-state index contributed by atoms with van der Waals surface area (Å²) in [6.07, 6.45) is 0.837. The first-order chi connectivity index (χ1) is 10.9. The van der Waals surface area contributed by atoms with Crippen molar-refractivity contribution >= 4 is 44.8 Å². The van der Waals surface area contributed by atoms with E-state index in [1.165, 1.54) is 0 Å². The molecular formula is C17H16Cl2N2OS. The number of fused-ring (bicyclic) bond motifs is 1. The standard InChI is InChI=1S/C17H16Cl2N2OS/c1-4-12-13(10-5-6-11(19)8(2)7-10)14-16(22)20-15(9(3)18)21-17(14)23-12/h5-7,9H,4H2,1-3H3,(H,20,21,22). The van der Waals surface area contributed by atoms with Crippen molar-refractivity contribution in [1.29, 1.82) is 0 Å². The summed E-state index contributed by atoms with van der Waals surface area (Å²) in [5, 5.41) is 1.02. The summed E-state index contributed by atoms with van der Waals surface area (Å²) in [5.74, 6) is 0.506. The monoisotopic (exact) mass is 366 g/mol. The fraction of sp³-hybridized carbons (Fsp3) is 0.294. The number of aromatic amines is 1. The zero-order valence-corrected chi connectivity index (χ0v) is 15.4. The number of halogens is 2. The summed E-state index contributed by atoms with van der Waals surface area (Å²) in [7, 11) is 0. The van der Waals surface area contributed by atoms with Crippen molar-refractivity contribution in [3.8, 4) is 11.1 Å². The van der Waals surface area contributed by atoms with Gasteiger partial charge in [0, 0.05) is 15.5 Å². The van der Waals surface area contributed by atoms with Gasteiger partial charge in [-0.15, -0.1) is 22.9 Å². The Morgan fingerprint density at radius 1 is 1.39 bits per heavy atom. The summed E-state index contributed by atoms with van der Waals surface area (Å²) in [6.45, 7) is 5.83. The summed E-state index contributed by atoms with van der Waals surface area (Å²) >= 11 is 13.7. The predicted molar refractivity (Wildman–Crippen MR) is 99.1 cm³/mol. The van der Waals surface area contributed by atoms with Crippen LogP contribution in [-0.2, 0) is 6.42 Å². The zero-order chi connectivity index (χ0) is 16.7. The van der Waals surface area contributed by atoms with E-state index in [0.29, 0.717) is 11.2 Å². The normalized spacial score (nSPS) is 12.7. The van der Waals surface area contributed by atoms with E-state index in [4.69, 9.17) is 23.2 Å². The predicted octanol–water partition coefficient (Wildman–Crippen LogP) is 5.48. The molecule has 0 saturated carbocycles. The molecule has 0 aliphatic heterocycles. The van der Waals surface area contributed by atoms with Gasteiger partial charge in [-0.1, -0.05) is 24.6 Å². The SMILES string of the molecule is CCc1sc2nc(C(C)Cl)[nH]c(=O)c2c1-c1ccc(Cl)c(C)c1. The molecule has 1 unspecified atom stereocenters. The second kappa shape index (κ2) is 6.27. The average Bonchev–Trinajstić information content (AvgIpc) is 2.89. The molecule has 0 spiro atoms. The van der Waals surface area contributed by atoms with Crippen LogP contribution in [0.25, 0.3) is 21.3 Å². The Balaban J connectivity index is 2.35. The number of nitrogens with zero attached hydrogens (tertiary/aromatic N) is 1. The van der Waals surface area contributed by atoms with Crippen LogP contribution < -0.4 is 5.56 Å². The number of hydrogen-bond acceptors (Lipinski definition) is 3. The Labute approximate surface area is 148 Å². The average molecular weight is 367 g/mol. The fourth-order valence-corrected chi connectivity index (χ4v) is 3.97. The molecule has 1 aromatic carbocycles. The summed E-state index contributed by atoms with van der Waals surface area (Å²) in [6, 6.07) is 5.83. The lowest BCUT2D eigenvalue weighted by molar-refractivity contribution is 0.917. The fourth-order valence-electron chi connectivity index (χ4n) is 2.61. The van der Waals surface area contributed by atoms with Gasteiger partial charge < -0.3 is 4.98 Å². The highest BCUT2D eigenvalue weighted by molar-refractivity contribution is 7.19. The lowest BCUT2D eigenvalue weighted by Gasteiger charge is -2.06. The van der Waals surface area contributed by atoms with Crippen molar-refractivity contribution in [2.24, 2.45) is 0 Å². The minimum absolute atomic E-state index is 0.143. The number of H-pyrrole nitrogens is 1. The van der Waals surface area contributed by atoms with Gasteiger partial charge in [-0.25, -0.2) is 4.98 Å². The largest absolute Gasteiger partial charge is 0.309 e. The van der Waals surface area contributed by atoms with E-state index in [0.717, 1.165) is 37.8 Å². The van der Waals surface area contributed by atoms with Crippen molar-refractivity contribution < 1.29 is 0 Å². The minimum atomic E-state index is -0.333. The third-order valence-electron chi connectivity index (χ3n) is 3.80. The van der Waals surface area contributed by atoms with Crippen LogP contribution in [0.2, 0.25) is 5.02 Å². The molecule has 2 heterocycles. The maximum atomic E-state index is 12.6. The van der Waals surface area contributed by atoms with Gasteiger partial charge in [0.1, 0.15) is 10.7 Å². The van der Waals surface area contributed by atoms with Crippen molar-refractivity contribution in [2.45, 2.75) is 32.6 Å². The van der Waals surface area contributed by atoms with Crippen molar-refractivity contribution in [3.63, 3.8) is 0 Å². The molecule has 23 heavy (non-hydrogen) atoms. The molecule has 1 atom stereocenters. The van der Waals surface area contributed by atoms with Gasteiger partial charge in [0.2, 0.25) is 0 Å². The van der Waals surface area contributed by atoms with Gasteiger partial charge >= 0.3 is 0 Å². The Morgan fingerprint density at radius 2 is 2.13 bits per heavy atom. The molecule has 0 saturated heterocycles. The first-order valence-corrected chi connectivity index (χ1v) is 9.01. The molecule has 0 amide bonds. The molecule has 3 aromatic rings. The third kappa shape index (κ3) is 2.91. The van der Waals surface area contributed by atoms with Crippen molar-refractivity contribution in [2.75, 3.05) is 0 Å². The van der Waals surface area contributed by atoms with Gasteiger partial charge in [-0.3, -0.25) is 4.79 Å². The number of hydrogen-bond donors (Lipinski definition) is 1. The van der Waals surface area contributed by atoms with E-state index in [1.807, 2.05) is 25.1 Å². The van der Waals surface area contributed by atoms with Crippen LogP contribution in [0.1, 0.15) is 35.5 Å². The molecule has 0 bridgehead atoms. The van der Waals surface area contributed by atoms with Crippen LogP contribution in [0.15, 0.2) is 23.0 Å². The van der Waals surface area contributed by atoms with Crippen LogP contribution in [0.3, 0.4) is 0 Å². The Hall–Kier alpha value is -1.36. The number of alkyl halides is 1. The zero-order valence-electron chi connectivity index (χ0n) is 13.0. The maximum Gasteiger partial charge on any atom is 0.260 e. The number of benzene rings is 1. The lowest BCUT2D eigenvalue weighted by atomic mass is 10.0. The highest BCUT2D eigenvalue weighted by Crippen LogP contribution is 2.38. The Morgan fingerprint density at radius 3 is 2.74 bits per heavy atom. The molecule has 120 valence electrons. The molecule has 0 aliphatic rings. The van der Waals surface area contributed by atoms with E-state index in [1.54, 1.807) is 18.3 Å². The summed E-state index contributed by atoms with van der Waals surface area (Å²) < 4.78 is 0. The molecule has 3 nitrogen and oxygen atoms in total. The molecule has 6 heteroatoms. The first-order valence-electron chi connectivity index (χ1n) is 7.38. The first kappa shape index (κ1) is 16.5. The molecule has 0 aliphatic carbocycles. The van der Waals surface area contributed by atoms with Crippen molar-refractivity contribution in [1.82, 2.24) is 9.97 Å². The smallest absolute Gasteiger partial charge is 0.260 e. The number of thiophene rings is 1. The Kier molecular flexibility index (Phi) is 4.50. The second-order valence-electron chi connectivity index (χ2n) is 5.47. The topological polar surface area (TPSA) is 45.8 Å². The van der Waals surface area contributed by atoms with Crippen LogP contribution in [0.5, 0.6) is 0 Å². The highest BCUT2D eigenvalue weighted by Gasteiger charge is 2.19. The number of rotatable bonds is 3. The van der Waals surface area contributed by atoms with E-state index >= 15 is 0 Å². The molecule has 0 radical (unpaired) electrons. The molecule has 2 aromatic heterocycles. The molecular weight excluding hydrogens is 351 g/mol. The highest BCUT2D eigenvalue weighted by atomic mass is 35.5. The van der Waals surface area contributed by atoms with Gasteiger partial charge in [0.05, 0.1) is 10.8 Å². The van der Waals surface area contributed by atoms with Crippen LogP contribution in [0.4, 0.5) is 0 Å². The minimum Gasteiger partial charge on any atom is -0.309 e. The number of aromatic nitrogens is 2. The van der Waals surface area contributed by atoms with E-state index < -0.39 is 0 Å². The maximum absolute atomic E-state index is 12.6. The summed E-state index contributed by atoms with van der Waals surface area (Å²) in [5.41, 5.74) is 2.79. The lowest BCUT2D eigenvalue weighted by Crippen LogP contribution is -2.11. The van der Waals surface area contributed by atoms with Crippen molar-refractivity contribution in [3.05, 3.63) is 49.8 Å². The van der Waals surface area contributed by atoms with E-state index in [-0.39, 0.29) is 10.9 Å². The second-order valence-corrected chi connectivity index (χ2v) is 7.61. The number of nitrogens with one attached hydrogen (secondary N) is 1. The Bertz CT molecular complexity index is 944. The van der Waals surface area contributed by atoms with Gasteiger partial charge in [-0.05, 0) is 43.5 Å². The molecule has 1 N–H and O–H groups in total. The van der Waals surface area contributed by atoms with E-state index in [9.17, 15) is 4.79 Å². The number of aryl methyl sites for hydroxylation is 2.